The highest BCUT2D eigenvalue weighted by molar-refractivity contribution is 6.00. The lowest BCUT2D eigenvalue weighted by atomic mass is 10.1. The number of carbonyl (C=O) groups excluding carboxylic acids is 2. The molecule has 10 heteroatoms. The summed E-state index contributed by atoms with van der Waals surface area (Å²) in [5, 5.41) is 16.9. The minimum Gasteiger partial charge on any atom is -0.496 e. The molecule has 1 unspecified atom stereocenters. The summed E-state index contributed by atoms with van der Waals surface area (Å²) in [5.74, 6) is 1.08. The van der Waals surface area contributed by atoms with Gasteiger partial charge >= 0.3 is 12.1 Å². The zero-order chi connectivity index (χ0) is 25.0. The van der Waals surface area contributed by atoms with Gasteiger partial charge in [0.25, 0.3) is 0 Å². The summed E-state index contributed by atoms with van der Waals surface area (Å²) >= 11 is 0. The summed E-state index contributed by atoms with van der Waals surface area (Å²) in [6.07, 6.45) is 3.54. The Kier molecular flexibility index (Phi) is 9.07. The highest BCUT2D eigenvalue weighted by Crippen LogP contribution is 2.32. The molecule has 3 amide bonds. The number of oxazole rings is 1. The number of nitrogens with zero attached hydrogens (tertiary/aromatic N) is 2. The van der Waals surface area contributed by atoms with Gasteiger partial charge in [-0.1, -0.05) is 19.1 Å². The highest BCUT2D eigenvalue weighted by atomic mass is 16.6. The van der Waals surface area contributed by atoms with Gasteiger partial charge in [-0.05, 0) is 42.7 Å². The van der Waals surface area contributed by atoms with E-state index in [1.165, 1.54) is 13.5 Å². The van der Waals surface area contributed by atoms with E-state index in [2.05, 4.69) is 27.0 Å². The topological polar surface area (TPSA) is 139 Å². The van der Waals surface area contributed by atoms with Crippen molar-refractivity contribution in [1.82, 2.24) is 10.3 Å². The Balaban J connectivity index is 1.54. The van der Waals surface area contributed by atoms with Crippen LogP contribution in [0.3, 0.4) is 0 Å². The summed E-state index contributed by atoms with van der Waals surface area (Å²) in [6.45, 7) is 2.13. The Hall–Kier alpha value is -4.52. The lowest BCUT2D eigenvalue weighted by Crippen LogP contribution is -2.28. The second-order valence-corrected chi connectivity index (χ2v) is 7.55. The first kappa shape index (κ1) is 25.1. The minimum atomic E-state index is -0.548. The maximum atomic E-state index is 12.5. The number of alkyl carbamates (subject to hydrolysis) is 1. The fraction of sp³-hybridized carbons (Fsp3) is 0.280. The molecule has 0 aliphatic rings. The number of urea groups is 1. The molecule has 3 rings (SSSR count). The van der Waals surface area contributed by atoms with E-state index >= 15 is 0 Å². The lowest BCUT2D eigenvalue weighted by molar-refractivity contribution is 0.0906. The molecule has 0 spiro atoms. The number of nitriles is 1. The van der Waals surface area contributed by atoms with Gasteiger partial charge in [0.1, 0.15) is 11.9 Å². The number of carbonyl (C=O) groups is 2. The zero-order valence-electron chi connectivity index (χ0n) is 19.5. The van der Waals surface area contributed by atoms with Crippen molar-refractivity contribution in [2.45, 2.75) is 38.8 Å². The number of hydrogen-bond donors (Lipinski definition) is 3. The number of hydrogen-bond acceptors (Lipinski definition) is 7. The van der Waals surface area contributed by atoms with Gasteiger partial charge in [-0.15, -0.1) is 0 Å². The predicted molar refractivity (Wildman–Crippen MR) is 130 cm³/mol. The van der Waals surface area contributed by atoms with Crippen LogP contribution in [0.25, 0.3) is 11.3 Å². The van der Waals surface area contributed by atoms with Crippen LogP contribution in [0.15, 0.2) is 59.5 Å². The normalized spacial score (nSPS) is 11.1. The van der Waals surface area contributed by atoms with Crippen molar-refractivity contribution in [3.63, 3.8) is 0 Å². The van der Waals surface area contributed by atoms with E-state index in [1.54, 1.807) is 42.6 Å². The molecule has 0 aliphatic heterocycles. The van der Waals surface area contributed by atoms with Gasteiger partial charge in [0.2, 0.25) is 0 Å². The smallest absolute Gasteiger partial charge is 0.407 e. The standard InChI is InChI=1S/C25H27N5O5/c1-3-20(8-5-11-26)35-25(32)28-14-17-6-4-7-18(12-17)29-24(31)30-19-9-10-21(22(13-19)33-2)23-15-27-16-34-23/h4,6-7,9-10,12-13,15-16,20H,3,5,8,14H2,1-2H3,(H,28,32)(H2,29,30,31). The fourth-order valence-electron chi connectivity index (χ4n) is 3.31. The van der Waals surface area contributed by atoms with Crippen LogP contribution >= 0.6 is 0 Å². The summed E-state index contributed by atoms with van der Waals surface area (Å²) in [7, 11) is 1.53. The molecule has 1 atom stereocenters. The van der Waals surface area contributed by atoms with Crippen molar-refractivity contribution in [3.8, 4) is 23.1 Å². The second-order valence-electron chi connectivity index (χ2n) is 7.55. The molecule has 1 aromatic heterocycles. The van der Waals surface area contributed by atoms with Crippen LogP contribution in [0.1, 0.15) is 31.7 Å². The average molecular weight is 478 g/mol. The van der Waals surface area contributed by atoms with Crippen LogP contribution in [0, 0.1) is 11.3 Å². The van der Waals surface area contributed by atoms with Crippen LogP contribution in [0.5, 0.6) is 5.75 Å². The third-order valence-electron chi connectivity index (χ3n) is 5.09. The van der Waals surface area contributed by atoms with E-state index in [4.69, 9.17) is 19.2 Å². The van der Waals surface area contributed by atoms with Crippen LogP contribution in [-0.2, 0) is 11.3 Å². The molecule has 0 saturated carbocycles. The zero-order valence-corrected chi connectivity index (χ0v) is 19.5. The van der Waals surface area contributed by atoms with Crippen molar-refractivity contribution in [2.75, 3.05) is 17.7 Å². The van der Waals surface area contributed by atoms with Gasteiger partial charge in [-0.3, -0.25) is 0 Å². The van der Waals surface area contributed by atoms with Crippen LogP contribution < -0.4 is 20.7 Å². The number of ether oxygens (including phenoxy) is 2. The number of aromatic nitrogens is 1. The van der Waals surface area contributed by atoms with E-state index in [0.29, 0.717) is 47.7 Å². The van der Waals surface area contributed by atoms with Crippen molar-refractivity contribution >= 4 is 23.5 Å². The first-order valence-corrected chi connectivity index (χ1v) is 11.1. The fourth-order valence-corrected chi connectivity index (χ4v) is 3.31. The summed E-state index contributed by atoms with van der Waals surface area (Å²) < 4.78 is 16.0. The van der Waals surface area contributed by atoms with Crippen molar-refractivity contribution in [3.05, 3.63) is 60.6 Å². The van der Waals surface area contributed by atoms with Crippen molar-refractivity contribution < 1.29 is 23.5 Å². The molecular weight excluding hydrogens is 450 g/mol. The Labute approximate surface area is 203 Å². The van der Waals surface area contributed by atoms with E-state index in [-0.39, 0.29) is 12.6 Å². The van der Waals surface area contributed by atoms with E-state index in [1.807, 2.05) is 13.0 Å². The van der Waals surface area contributed by atoms with Crippen LogP contribution in [-0.4, -0.2) is 30.3 Å². The third-order valence-corrected chi connectivity index (χ3v) is 5.09. The number of amides is 3. The van der Waals surface area contributed by atoms with E-state index in [9.17, 15) is 9.59 Å². The number of benzene rings is 2. The molecular formula is C25H27N5O5. The number of nitrogens with one attached hydrogen (secondary N) is 3. The van der Waals surface area contributed by atoms with Gasteiger partial charge in [-0.25, -0.2) is 14.6 Å². The Bertz CT molecular complexity index is 1170. The van der Waals surface area contributed by atoms with Gasteiger partial charge in [0, 0.05) is 30.4 Å². The molecule has 182 valence electrons. The minimum absolute atomic E-state index is 0.227. The molecule has 2 aromatic carbocycles. The number of methoxy groups -OCH3 is 1. The maximum Gasteiger partial charge on any atom is 0.407 e. The second kappa shape index (κ2) is 12.6. The summed E-state index contributed by atoms with van der Waals surface area (Å²) in [4.78, 5) is 28.5. The molecule has 0 bridgehead atoms. The third kappa shape index (κ3) is 7.50. The molecule has 0 radical (unpaired) electrons. The predicted octanol–water partition coefficient (Wildman–Crippen LogP) is 5.30. The first-order valence-electron chi connectivity index (χ1n) is 11.1. The molecule has 1 heterocycles. The maximum absolute atomic E-state index is 12.5. The Morgan fingerprint density at radius 2 is 1.97 bits per heavy atom. The monoisotopic (exact) mass is 477 g/mol. The van der Waals surface area contributed by atoms with Crippen molar-refractivity contribution in [1.29, 1.82) is 5.26 Å². The SMILES string of the molecule is CCC(CCC#N)OC(=O)NCc1cccc(NC(=O)Nc2ccc(-c3cnco3)c(OC)c2)c1. The highest BCUT2D eigenvalue weighted by Gasteiger charge is 2.13. The summed E-state index contributed by atoms with van der Waals surface area (Å²) in [6, 6.07) is 13.9. The quantitative estimate of drug-likeness (QED) is 0.360. The largest absolute Gasteiger partial charge is 0.496 e. The number of rotatable bonds is 10. The Morgan fingerprint density at radius 1 is 1.17 bits per heavy atom. The Morgan fingerprint density at radius 3 is 2.66 bits per heavy atom. The molecule has 0 saturated heterocycles. The molecule has 0 aliphatic carbocycles. The molecule has 10 nitrogen and oxygen atoms in total. The van der Waals surface area contributed by atoms with Crippen LogP contribution in [0.4, 0.5) is 21.0 Å². The van der Waals surface area contributed by atoms with Gasteiger partial charge in [-0.2, -0.15) is 5.26 Å². The average Bonchev–Trinajstić information content (AvgIpc) is 3.40. The number of anilines is 2. The van der Waals surface area contributed by atoms with Crippen molar-refractivity contribution in [2.24, 2.45) is 0 Å². The first-order chi connectivity index (χ1) is 17.0. The molecule has 3 aromatic rings. The molecule has 3 N–H and O–H groups in total. The molecule has 35 heavy (non-hydrogen) atoms. The van der Waals surface area contributed by atoms with E-state index in [0.717, 1.165) is 5.56 Å². The van der Waals surface area contributed by atoms with Gasteiger partial charge < -0.3 is 29.8 Å². The van der Waals surface area contributed by atoms with Gasteiger partial charge in [0.15, 0.2) is 12.2 Å². The van der Waals surface area contributed by atoms with E-state index < -0.39 is 12.1 Å². The van der Waals surface area contributed by atoms with Gasteiger partial charge in [0.05, 0.1) is 24.9 Å². The lowest BCUT2D eigenvalue weighted by Gasteiger charge is -2.15. The summed E-state index contributed by atoms with van der Waals surface area (Å²) in [5.41, 5.74) is 2.58. The van der Waals surface area contributed by atoms with Crippen LogP contribution in [0.2, 0.25) is 0 Å². The molecule has 0 fully saturated rings.